The Morgan fingerprint density at radius 1 is 1.21 bits per heavy atom. The van der Waals surface area contributed by atoms with Crippen LogP contribution in [0.4, 0.5) is 5.69 Å². The fourth-order valence-electron chi connectivity index (χ4n) is 2.02. The van der Waals surface area contributed by atoms with Gasteiger partial charge in [-0.3, -0.25) is 4.79 Å². The maximum absolute atomic E-state index is 12.3. The van der Waals surface area contributed by atoms with Crippen LogP contribution >= 0.6 is 27.3 Å². The molecule has 2 rings (SSSR count). The Bertz CT molecular complexity index is 626. The topological polar surface area (TPSA) is 42.0 Å². The van der Waals surface area contributed by atoms with Gasteiger partial charge in [0.05, 0.1) is 10.7 Å². The van der Waals surface area contributed by atoms with E-state index in [0.29, 0.717) is 4.88 Å². The molecule has 0 fully saturated rings. The number of nitrogens with one attached hydrogen (secondary N) is 1. The van der Waals surface area contributed by atoms with Crippen molar-refractivity contribution in [3.63, 3.8) is 0 Å². The van der Waals surface area contributed by atoms with Crippen LogP contribution in [0.5, 0.6) is 0 Å². The second kappa shape index (κ2) is 5.43. The highest BCUT2D eigenvalue weighted by Gasteiger charge is 2.15. The number of carbonyl (C=O) groups is 1. The number of anilines is 1. The number of aromatic nitrogens is 1. The third kappa shape index (κ3) is 3.04. The van der Waals surface area contributed by atoms with Crippen LogP contribution in [0.1, 0.15) is 31.5 Å². The van der Waals surface area contributed by atoms with Gasteiger partial charge in [-0.1, -0.05) is 15.9 Å². The van der Waals surface area contributed by atoms with Crippen molar-refractivity contribution in [1.29, 1.82) is 0 Å². The predicted octanol–water partition coefficient (Wildman–Crippen LogP) is 4.39. The molecule has 0 aliphatic rings. The van der Waals surface area contributed by atoms with E-state index in [-0.39, 0.29) is 5.91 Å². The first-order valence-electron chi connectivity index (χ1n) is 5.90. The minimum Gasteiger partial charge on any atom is -0.321 e. The van der Waals surface area contributed by atoms with E-state index in [1.807, 2.05) is 39.8 Å². The fourth-order valence-corrected chi connectivity index (χ4v) is 3.52. The quantitative estimate of drug-likeness (QED) is 0.882. The monoisotopic (exact) mass is 338 g/mol. The maximum Gasteiger partial charge on any atom is 0.267 e. The van der Waals surface area contributed by atoms with Crippen LogP contribution in [0.2, 0.25) is 0 Å². The molecule has 0 saturated carbocycles. The third-order valence-electron chi connectivity index (χ3n) is 2.85. The summed E-state index contributed by atoms with van der Waals surface area (Å²) in [5.74, 6) is -0.0865. The van der Waals surface area contributed by atoms with Crippen molar-refractivity contribution in [1.82, 2.24) is 4.98 Å². The first-order valence-corrected chi connectivity index (χ1v) is 7.51. The Morgan fingerprint density at radius 2 is 1.79 bits per heavy atom. The molecule has 1 amide bonds. The lowest BCUT2D eigenvalue weighted by atomic mass is 10.1. The lowest BCUT2D eigenvalue weighted by Gasteiger charge is -2.11. The van der Waals surface area contributed by atoms with Crippen LogP contribution in [-0.4, -0.2) is 10.9 Å². The van der Waals surface area contributed by atoms with Crippen LogP contribution < -0.4 is 5.32 Å². The molecular formula is C14H15BrN2OS. The summed E-state index contributed by atoms with van der Waals surface area (Å²) in [4.78, 5) is 17.2. The van der Waals surface area contributed by atoms with Gasteiger partial charge < -0.3 is 5.32 Å². The maximum atomic E-state index is 12.3. The average Bonchev–Trinajstić information content (AvgIpc) is 2.62. The molecule has 1 heterocycles. The van der Waals surface area contributed by atoms with E-state index in [2.05, 4.69) is 26.2 Å². The van der Waals surface area contributed by atoms with Crippen LogP contribution in [0.3, 0.4) is 0 Å². The Balaban J connectivity index is 2.32. The summed E-state index contributed by atoms with van der Waals surface area (Å²) in [7, 11) is 0. The first kappa shape index (κ1) is 14.2. The van der Waals surface area contributed by atoms with Crippen LogP contribution in [0.15, 0.2) is 16.6 Å². The smallest absolute Gasteiger partial charge is 0.267 e. The van der Waals surface area contributed by atoms with Crippen LogP contribution in [-0.2, 0) is 0 Å². The van der Waals surface area contributed by atoms with E-state index in [9.17, 15) is 4.79 Å². The Labute approximate surface area is 125 Å². The summed E-state index contributed by atoms with van der Waals surface area (Å²) in [5.41, 5.74) is 3.74. The molecule has 0 spiro atoms. The van der Waals surface area contributed by atoms with Gasteiger partial charge in [-0.15, -0.1) is 11.3 Å². The minimum atomic E-state index is -0.0865. The summed E-state index contributed by atoms with van der Waals surface area (Å²) < 4.78 is 1.02. The Morgan fingerprint density at radius 3 is 2.26 bits per heavy atom. The summed E-state index contributed by atoms with van der Waals surface area (Å²) in [6.45, 7) is 7.74. The number of hydrogen-bond acceptors (Lipinski definition) is 3. The van der Waals surface area contributed by atoms with E-state index in [1.165, 1.54) is 11.3 Å². The van der Waals surface area contributed by atoms with E-state index < -0.39 is 0 Å². The molecule has 0 saturated heterocycles. The van der Waals surface area contributed by atoms with Crippen molar-refractivity contribution in [2.24, 2.45) is 0 Å². The molecule has 0 aliphatic heterocycles. The number of amides is 1. The largest absolute Gasteiger partial charge is 0.321 e. The molecule has 0 unspecified atom stereocenters. The molecular weight excluding hydrogens is 324 g/mol. The zero-order valence-corrected chi connectivity index (χ0v) is 13.7. The molecule has 1 N–H and O–H groups in total. The predicted molar refractivity (Wildman–Crippen MR) is 83.2 cm³/mol. The molecule has 0 bridgehead atoms. The summed E-state index contributed by atoms with van der Waals surface area (Å²) >= 11 is 4.88. The lowest BCUT2D eigenvalue weighted by Crippen LogP contribution is -2.13. The van der Waals surface area contributed by atoms with Crippen molar-refractivity contribution in [3.05, 3.63) is 43.3 Å². The second-order valence-corrected chi connectivity index (χ2v) is 6.63. The van der Waals surface area contributed by atoms with Gasteiger partial charge in [-0.25, -0.2) is 4.98 Å². The average molecular weight is 339 g/mol. The molecule has 5 heteroatoms. The molecule has 3 nitrogen and oxygen atoms in total. The molecule has 0 radical (unpaired) electrons. The zero-order chi connectivity index (χ0) is 14.2. The summed E-state index contributed by atoms with van der Waals surface area (Å²) in [5, 5.41) is 3.90. The van der Waals surface area contributed by atoms with Gasteiger partial charge in [0.25, 0.3) is 5.91 Å². The van der Waals surface area contributed by atoms with Crippen molar-refractivity contribution in [2.45, 2.75) is 27.7 Å². The highest BCUT2D eigenvalue weighted by atomic mass is 79.9. The van der Waals surface area contributed by atoms with Crippen molar-refractivity contribution < 1.29 is 4.79 Å². The van der Waals surface area contributed by atoms with Gasteiger partial charge in [0, 0.05) is 10.2 Å². The number of carbonyl (C=O) groups excluding carboxylic acids is 1. The van der Waals surface area contributed by atoms with E-state index in [1.54, 1.807) is 0 Å². The number of hydrogen-bond donors (Lipinski definition) is 1. The SMILES string of the molecule is Cc1nc(C)c(C(=O)Nc2c(C)cc(Br)cc2C)s1. The lowest BCUT2D eigenvalue weighted by molar-refractivity contribution is 0.102. The number of nitrogens with zero attached hydrogens (tertiary/aromatic N) is 1. The molecule has 0 atom stereocenters. The molecule has 1 aromatic carbocycles. The summed E-state index contributed by atoms with van der Waals surface area (Å²) in [6.07, 6.45) is 0. The third-order valence-corrected chi connectivity index (χ3v) is 4.38. The molecule has 1 aromatic heterocycles. The fraction of sp³-hybridized carbons (Fsp3) is 0.286. The Hall–Kier alpha value is -1.20. The van der Waals surface area contributed by atoms with Gasteiger partial charge in [-0.2, -0.15) is 0 Å². The molecule has 2 aromatic rings. The van der Waals surface area contributed by atoms with E-state index in [4.69, 9.17) is 0 Å². The van der Waals surface area contributed by atoms with Gasteiger partial charge in [0.1, 0.15) is 4.88 Å². The number of rotatable bonds is 2. The van der Waals surface area contributed by atoms with Crippen LogP contribution in [0, 0.1) is 27.7 Å². The normalized spacial score (nSPS) is 10.6. The van der Waals surface area contributed by atoms with E-state index in [0.717, 1.165) is 32.0 Å². The van der Waals surface area contributed by atoms with Gasteiger partial charge in [-0.05, 0) is 51.0 Å². The number of thiazole rings is 1. The number of halogens is 1. The highest BCUT2D eigenvalue weighted by Crippen LogP contribution is 2.26. The highest BCUT2D eigenvalue weighted by molar-refractivity contribution is 9.10. The van der Waals surface area contributed by atoms with Crippen molar-refractivity contribution >= 4 is 38.9 Å². The Kier molecular flexibility index (Phi) is 4.06. The summed E-state index contributed by atoms with van der Waals surface area (Å²) in [6, 6.07) is 3.99. The number of benzene rings is 1. The van der Waals surface area contributed by atoms with Gasteiger partial charge in [0.15, 0.2) is 0 Å². The van der Waals surface area contributed by atoms with Crippen molar-refractivity contribution in [3.8, 4) is 0 Å². The van der Waals surface area contributed by atoms with Crippen LogP contribution in [0.25, 0.3) is 0 Å². The molecule has 19 heavy (non-hydrogen) atoms. The first-order chi connectivity index (χ1) is 8.88. The number of aryl methyl sites for hydroxylation is 4. The second-order valence-electron chi connectivity index (χ2n) is 4.52. The molecule has 100 valence electrons. The molecule has 0 aliphatic carbocycles. The zero-order valence-electron chi connectivity index (χ0n) is 11.3. The van der Waals surface area contributed by atoms with Gasteiger partial charge >= 0.3 is 0 Å². The van der Waals surface area contributed by atoms with Crippen molar-refractivity contribution in [2.75, 3.05) is 5.32 Å². The van der Waals surface area contributed by atoms with Gasteiger partial charge in [0.2, 0.25) is 0 Å². The van der Waals surface area contributed by atoms with E-state index >= 15 is 0 Å². The minimum absolute atomic E-state index is 0.0865. The standard InChI is InChI=1S/C14H15BrN2OS/c1-7-5-11(15)6-8(2)12(7)17-14(18)13-9(3)16-10(4)19-13/h5-6H,1-4H3,(H,17,18).